The van der Waals surface area contributed by atoms with E-state index in [1.165, 1.54) is 11.3 Å². The van der Waals surface area contributed by atoms with Gasteiger partial charge in [0.1, 0.15) is 11.2 Å². The molecule has 6 nitrogen and oxygen atoms in total. The van der Waals surface area contributed by atoms with Crippen LogP contribution in [0.3, 0.4) is 0 Å². The van der Waals surface area contributed by atoms with E-state index >= 15 is 0 Å². The number of carbonyl (C=O) groups is 2. The average molecular weight is 331 g/mol. The average Bonchev–Trinajstić information content (AvgIpc) is 2.93. The highest BCUT2D eigenvalue weighted by molar-refractivity contribution is 7.11. The Morgan fingerprint density at radius 1 is 1.39 bits per heavy atom. The molecule has 0 atom stereocenters. The molecule has 3 rings (SSSR count). The van der Waals surface area contributed by atoms with Crippen molar-refractivity contribution in [2.45, 2.75) is 26.2 Å². The van der Waals surface area contributed by atoms with Crippen molar-refractivity contribution in [3.05, 3.63) is 35.3 Å². The maximum absolute atomic E-state index is 12.4. The molecular weight excluding hydrogens is 314 g/mol. The molecule has 120 valence electrons. The number of rotatable bonds is 5. The molecule has 1 fully saturated rings. The molecule has 1 aliphatic rings. The molecule has 0 bridgehead atoms. The Bertz CT molecular complexity index is 739. The lowest BCUT2D eigenvalue weighted by atomic mass is 9.67. The number of nitrogens with one attached hydrogen (secondary N) is 1. The van der Waals surface area contributed by atoms with E-state index < -0.39 is 11.3 Å². The van der Waals surface area contributed by atoms with Crippen LogP contribution in [0, 0.1) is 12.3 Å². The quantitative estimate of drug-likeness (QED) is 0.824. The Morgan fingerprint density at radius 2 is 2.17 bits per heavy atom. The van der Waals surface area contributed by atoms with Crippen LogP contribution < -0.4 is 15.8 Å². The van der Waals surface area contributed by atoms with Crippen LogP contribution in [-0.4, -0.2) is 16.8 Å². The van der Waals surface area contributed by atoms with Crippen molar-refractivity contribution in [2.24, 2.45) is 11.1 Å². The van der Waals surface area contributed by atoms with E-state index in [9.17, 15) is 9.59 Å². The fraction of sp³-hybridized carbons (Fsp3) is 0.312. The molecule has 7 heteroatoms. The highest BCUT2D eigenvalue weighted by Crippen LogP contribution is 2.42. The van der Waals surface area contributed by atoms with Gasteiger partial charge >= 0.3 is 0 Å². The molecular formula is C16H17N3O3S. The first kappa shape index (κ1) is 15.5. The molecule has 0 radical (unpaired) electrons. The Kier molecular flexibility index (Phi) is 4.04. The normalized spacial score (nSPS) is 15.5. The van der Waals surface area contributed by atoms with E-state index in [-0.39, 0.29) is 5.91 Å². The predicted molar refractivity (Wildman–Crippen MR) is 87.5 cm³/mol. The zero-order valence-corrected chi connectivity index (χ0v) is 13.5. The first-order valence-corrected chi connectivity index (χ1v) is 8.18. The van der Waals surface area contributed by atoms with E-state index in [4.69, 9.17) is 10.5 Å². The molecule has 0 unspecified atom stereocenters. The summed E-state index contributed by atoms with van der Waals surface area (Å²) in [6.45, 7) is 1.91. The summed E-state index contributed by atoms with van der Waals surface area (Å²) in [5.41, 5.74) is 5.82. The first-order chi connectivity index (χ1) is 11.0. The Labute approximate surface area is 137 Å². The summed E-state index contributed by atoms with van der Waals surface area (Å²) < 4.78 is 5.71. The summed E-state index contributed by atoms with van der Waals surface area (Å²) >= 11 is 1.39. The van der Waals surface area contributed by atoms with Gasteiger partial charge < -0.3 is 15.8 Å². The van der Waals surface area contributed by atoms with Crippen LogP contribution in [0.25, 0.3) is 0 Å². The van der Waals surface area contributed by atoms with Gasteiger partial charge in [-0.2, -0.15) is 0 Å². The van der Waals surface area contributed by atoms with Crippen LogP contribution in [-0.2, 0) is 9.59 Å². The van der Waals surface area contributed by atoms with Crippen LogP contribution in [0.4, 0.5) is 5.69 Å². The van der Waals surface area contributed by atoms with Gasteiger partial charge in [-0.3, -0.25) is 9.59 Å². The number of nitrogens with two attached hydrogens (primary N) is 1. The summed E-state index contributed by atoms with van der Waals surface area (Å²) in [4.78, 5) is 28.1. The van der Waals surface area contributed by atoms with Gasteiger partial charge in [-0.15, -0.1) is 0 Å². The lowest BCUT2D eigenvalue weighted by molar-refractivity contribution is -0.144. The van der Waals surface area contributed by atoms with Crippen LogP contribution in [0.2, 0.25) is 0 Å². The third kappa shape index (κ3) is 2.92. The number of aromatic nitrogens is 1. The van der Waals surface area contributed by atoms with E-state index in [0.717, 1.165) is 12.0 Å². The Balaban J connectivity index is 1.78. The zero-order valence-electron chi connectivity index (χ0n) is 12.7. The maximum Gasteiger partial charge on any atom is 0.278 e. The highest BCUT2D eigenvalue weighted by Gasteiger charge is 2.49. The molecule has 3 N–H and O–H groups in total. The number of ether oxygens (including phenoxy) is 1. The summed E-state index contributed by atoms with van der Waals surface area (Å²) in [5, 5.41) is 5.13. The number of anilines is 1. The number of carbonyl (C=O) groups excluding carboxylic acids is 2. The second kappa shape index (κ2) is 6.00. The smallest absolute Gasteiger partial charge is 0.278 e. The van der Waals surface area contributed by atoms with E-state index in [1.54, 1.807) is 18.3 Å². The SMILES string of the molecule is Cc1ccc(NC(=O)C2(C(N)=O)CCC2)cc1Oc1nccs1. The third-order valence-corrected chi connectivity index (χ3v) is 4.81. The van der Waals surface area contributed by atoms with Gasteiger partial charge in [-0.1, -0.05) is 23.8 Å². The Hall–Kier alpha value is -2.41. The van der Waals surface area contributed by atoms with Gasteiger partial charge in [0.25, 0.3) is 5.19 Å². The first-order valence-electron chi connectivity index (χ1n) is 7.31. The molecule has 1 heterocycles. The summed E-state index contributed by atoms with van der Waals surface area (Å²) in [6, 6.07) is 5.34. The van der Waals surface area contributed by atoms with Crippen molar-refractivity contribution in [2.75, 3.05) is 5.32 Å². The Morgan fingerprint density at radius 3 is 2.74 bits per heavy atom. The molecule has 23 heavy (non-hydrogen) atoms. The number of thiazole rings is 1. The van der Waals surface area contributed by atoms with Crippen molar-refractivity contribution < 1.29 is 14.3 Å². The van der Waals surface area contributed by atoms with Crippen molar-refractivity contribution in [3.63, 3.8) is 0 Å². The van der Waals surface area contributed by atoms with Gasteiger partial charge in [0.2, 0.25) is 11.8 Å². The standard InChI is InChI=1S/C16H17N3O3S/c1-10-3-4-11(9-12(10)22-15-18-7-8-23-15)19-14(21)16(13(17)20)5-2-6-16/h3-4,7-9H,2,5-6H2,1H3,(H2,17,20)(H,19,21). The highest BCUT2D eigenvalue weighted by atomic mass is 32.1. The fourth-order valence-electron chi connectivity index (χ4n) is 2.51. The zero-order chi connectivity index (χ0) is 16.4. The number of nitrogens with zero attached hydrogens (tertiary/aromatic N) is 1. The fourth-order valence-corrected chi connectivity index (χ4v) is 3.01. The van der Waals surface area contributed by atoms with Gasteiger partial charge in [0, 0.05) is 23.3 Å². The van der Waals surface area contributed by atoms with E-state index in [0.29, 0.717) is 29.5 Å². The summed E-state index contributed by atoms with van der Waals surface area (Å²) in [5.74, 6) is -0.299. The van der Waals surface area contributed by atoms with Crippen molar-refractivity contribution in [1.29, 1.82) is 0 Å². The topological polar surface area (TPSA) is 94.3 Å². The van der Waals surface area contributed by atoms with Crippen molar-refractivity contribution in [1.82, 2.24) is 4.98 Å². The van der Waals surface area contributed by atoms with Crippen LogP contribution in [0.15, 0.2) is 29.8 Å². The minimum atomic E-state index is -1.07. The second-order valence-electron chi connectivity index (χ2n) is 5.63. The maximum atomic E-state index is 12.4. The molecule has 0 spiro atoms. The largest absolute Gasteiger partial charge is 0.431 e. The van der Waals surface area contributed by atoms with Crippen LogP contribution >= 0.6 is 11.3 Å². The van der Waals surface area contributed by atoms with E-state index in [1.807, 2.05) is 18.4 Å². The number of primary amides is 1. The van der Waals surface area contributed by atoms with Crippen molar-refractivity contribution >= 4 is 28.8 Å². The summed E-state index contributed by atoms with van der Waals surface area (Å²) in [7, 11) is 0. The molecule has 2 aromatic rings. The monoisotopic (exact) mass is 331 g/mol. The lowest BCUT2D eigenvalue weighted by Gasteiger charge is -2.36. The van der Waals surface area contributed by atoms with Gasteiger partial charge in [-0.25, -0.2) is 4.98 Å². The molecule has 1 aromatic carbocycles. The molecule has 0 saturated heterocycles. The number of aryl methyl sites for hydroxylation is 1. The second-order valence-corrected chi connectivity index (χ2v) is 6.49. The lowest BCUT2D eigenvalue weighted by Crippen LogP contribution is -2.51. The number of amides is 2. The van der Waals surface area contributed by atoms with Crippen molar-refractivity contribution in [3.8, 4) is 10.9 Å². The number of hydrogen-bond acceptors (Lipinski definition) is 5. The summed E-state index contributed by atoms with van der Waals surface area (Å²) in [6.07, 6.45) is 3.50. The minimum Gasteiger partial charge on any atom is -0.431 e. The third-order valence-electron chi connectivity index (χ3n) is 4.17. The number of hydrogen-bond donors (Lipinski definition) is 2. The molecule has 1 aliphatic carbocycles. The molecule has 1 saturated carbocycles. The molecule has 2 amide bonds. The molecule has 0 aliphatic heterocycles. The van der Waals surface area contributed by atoms with E-state index in [2.05, 4.69) is 10.3 Å². The van der Waals surface area contributed by atoms with Crippen LogP contribution in [0.5, 0.6) is 10.9 Å². The van der Waals surface area contributed by atoms with Gasteiger partial charge in [0.15, 0.2) is 0 Å². The molecule has 1 aromatic heterocycles. The predicted octanol–water partition coefficient (Wildman–Crippen LogP) is 2.84. The van der Waals surface area contributed by atoms with Crippen LogP contribution in [0.1, 0.15) is 24.8 Å². The van der Waals surface area contributed by atoms with Gasteiger partial charge in [-0.05, 0) is 31.4 Å². The number of benzene rings is 1. The minimum absolute atomic E-state index is 0.347. The van der Waals surface area contributed by atoms with Gasteiger partial charge in [0.05, 0.1) is 0 Å².